The summed E-state index contributed by atoms with van der Waals surface area (Å²) in [6, 6.07) is 3.77. The van der Waals surface area contributed by atoms with Crippen LogP contribution in [0, 0.1) is 0 Å². The molecular formula is C14H21N3O3. The molecule has 0 radical (unpaired) electrons. The van der Waals surface area contributed by atoms with Gasteiger partial charge in [-0.05, 0) is 25.0 Å². The van der Waals surface area contributed by atoms with Crippen molar-refractivity contribution in [3.8, 4) is 0 Å². The molecule has 0 spiro atoms. The Morgan fingerprint density at radius 2 is 2.15 bits per heavy atom. The number of aliphatic hydroxyl groups is 1. The maximum atomic E-state index is 11.6. The van der Waals surface area contributed by atoms with Crippen molar-refractivity contribution in [3.63, 3.8) is 0 Å². The first-order valence-electron chi connectivity index (χ1n) is 6.99. The Morgan fingerprint density at radius 3 is 2.80 bits per heavy atom. The van der Waals surface area contributed by atoms with E-state index in [9.17, 15) is 4.79 Å². The zero-order chi connectivity index (χ0) is 14.2. The first-order chi connectivity index (χ1) is 9.79. The number of hydrogen-bond donors (Lipinski definition) is 2. The topological polar surface area (TPSA) is 74.7 Å². The van der Waals surface area contributed by atoms with Crippen LogP contribution in [0.25, 0.3) is 0 Å². The first-order valence-corrected chi connectivity index (χ1v) is 6.99. The maximum absolute atomic E-state index is 11.6. The summed E-state index contributed by atoms with van der Waals surface area (Å²) in [5.41, 5.74) is 0.705. The van der Waals surface area contributed by atoms with Crippen LogP contribution in [0.15, 0.2) is 18.3 Å². The van der Waals surface area contributed by atoms with Crippen LogP contribution in [0.1, 0.15) is 19.3 Å². The number of hydrogen-bond acceptors (Lipinski definition) is 5. The van der Waals surface area contributed by atoms with Gasteiger partial charge >= 0.3 is 0 Å². The second-order valence-electron chi connectivity index (χ2n) is 4.73. The molecule has 1 saturated heterocycles. The standard InChI is InChI=1S/C14H21N3O3/c18-8-2-1-3-14(19)16-12-4-5-13(15-11-12)17-6-9-20-10-7-17/h4-5,11,18H,1-3,6-10H2,(H,16,19). The average molecular weight is 279 g/mol. The summed E-state index contributed by atoms with van der Waals surface area (Å²) in [5, 5.41) is 11.5. The Bertz CT molecular complexity index is 416. The smallest absolute Gasteiger partial charge is 0.224 e. The molecule has 0 aliphatic carbocycles. The van der Waals surface area contributed by atoms with E-state index in [1.54, 1.807) is 6.20 Å². The number of unbranched alkanes of at least 4 members (excludes halogenated alkanes) is 1. The van der Waals surface area contributed by atoms with Crippen molar-refractivity contribution in [2.24, 2.45) is 0 Å². The first kappa shape index (κ1) is 14.7. The van der Waals surface area contributed by atoms with Gasteiger partial charge in [0.2, 0.25) is 5.91 Å². The van der Waals surface area contributed by atoms with Gasteiger partial charge in [0.25, 0.3) is 0 Å². The molecule has 1 amide bonds. The van der Waals surface area contributed by atoms with E-state index in [0.29, 0.717) is 24.9 Å². The van der Waals surface area contributed by atoms with Crippen molar-refractivity contribution in [1.82, 2.24) is 4.98 Å². The van der Waals surface area contributed by atoms with Crippen LogP contribution in [0.5, 0.6) is 0 Å². The van der Waals surface area contributed by atoms with Gasteiger partial charge < -0.3 is 20.1 Å². The number of rotatable bonds is 6. The minimum Gasteiger partial charge on any atom is -0.396 e. The fourth-order valence-corrected chi connectivity index (χ4v) is 2.06. The number of nitrogens with zero attached hydrogens (tertiary/aromatic N) is 2. The SMILES string of the molecule is O=C(CCCCO)Nc1ccc(N2CCOCC2)nc1. The number of ether oxygens (including phenoxy) is 1. The molecule has 1 aromatic heterocycles. The fourth-order valence-electron chi connectivity index (χ4n) is 2.06. The van der Waals surface area contributed by atoms with Crippen molar-refractivity contribution in [1.29, 1.82) is 0 Å². The van der Waals surface area contributed by atoms with Gasteiger partial charge in [0.15, 0.2) is 0 Å². The van der Waals surface area contributed by atoms with Crippen molar-refractivity contribution < 1.29 is 14.6 Å². The van der Waals surface area contributed by atoms with E-state index < -0.39 is 0 Å². The molecule has 0 atom stereocenters. The maximum Gasteiger partial charge on any atom is 0.224 e. The van der Waals surface area contributed by atoms with Crippen LogP contribution in [0.3, 0.4) is 0 Å². The second-order valence-corrected chi connectivity index (χ2v) is 4.73. The number of anilines is 2. The zero-order valence-electron chi connectivity index (χ0n) is 11.5. The van der Waals surface area contributed by atoms with E-state index in [1.807, 2.05) is 12.1 Å². The third-order valence-electron chi connectivity index (χ3n) is 3.18. The highest BCUT2D eigenvalue weighted by atomic mass is 16.5. The molecule has 1 aliphatic rings. The highest BCUT2D eigenvalue weighted by Crippen LogP contribution is 2.15. The van der Waals surface area contributed by atoms with Crippen LogP contribution in [0.4, 0.5) is 11.5 Å². The number of nitrogens with one attached hydrogen (secondary N) is 1. The van der Waals surface area contributed by atoms with Crippen molar-refractivity contribution in [2.45, 2.75) is 19.3 Å². The Balaban J connectivity index is 1.83. The molecule has 6 nitrogen and oxygen atoms in total. The minimum absolute atomic E-state index is 0.0422. The molecule has 110 valence electrons. The number of amides is 1. The molecule has 2 heterocycles. The van der Waals surface area contributed by atoms with Crippen LogP contribution in [-0.4, -0.2) is 48.9 Å². The van der Waals surface area contributed by atoms with E-state index in [4.69, 9.17) is 9.84 Å². The van der Waals surface area contributed by atoms with Crippen LogP contribution in [0.2, 0.25) is 0 Å². The Hall–Kier alpha value is -1.66. The zero-order valence-corrected chi connectivity index (χ0v) is 11.5. The quantitative estimate of drug-likeness (QED) is 0.760. The molecule has 0 bridgehead atoms. The summed E-state index contributed by atoms with van der Waals surface area (Å²) in [5.74, 6) is 0.867. The van der Waals surface area contributed by atoms with E-state index in [1.165, 1.54) is 0 Å². The highest BCUT2D eigenvalue weighted by Gasteiger charge is 2.12. The van der Waals surface area contributed by atoms with Gasteiger partial charge in [0, 0.05) is 26.1 Å². The normalized spacial score (nSPS) is 15.2. The lowest BCUT2D eigenvalue weighted by atomic mass is 10.2. The summed E-state index contributed by atoms with van der Waals surface area (Å²) >= 11 is 0. The van der Waals surface area contributed by atoms with E-state index in [-0.39, 0.29) is 12.5 Å². The van der Waals surface area contributed by atoms with Crippen molar-refractivity contribution in [3.05, 3.63) is 18.3 Å². The van der Waals surface area contributed by atoms with Gasteiger partial charge in [0.1, 0.15) is 5.82 Å². The molecule has 0 unspecified atom stereocenters. The minimum atomic E-state index is -0.0422. The number of aromatic nitrogens is 1. The summed E-state index contributed by atoms with van der Waals surface area (Å²) in [4.78, 5) is 18.2. The molecule has 1 aromatic rings. The Kier molecular flexibility index (Phi) is 5.76. The molecule has 2 N–H and O–H groups in total. The Labute approximate surface area is 118 Å². The summed E-state index contributed by atoms with van der Waals surface area (Å²) < 4.78 is 5.30. The monoisotopic (exact) mass is 279 g/mol. The van der Waals surface area contributed by atoms with Crippen LogP contribution < -0.4 is 10.2 Å². The molecule has 20 heavy (non-hydrogen) atoms. The summed E-state index contributed by atoms with van der Waals surface area (Å²) in [6.07, 6.45) is 3.45. The van der Waals surface area contributed by atoms with Crippen LogP contribution >= 0.6 is 0 Å². The van der Waals surface area contributed by atoms with Gasteiger partial charge in [-0.2, -0.15) is 0 Å². The third kappa shape index (κ3) is 4.47. The molecule has 1 aliphatic heterocycles. The third-order valence-corrected chi connectivity index (χ3v) is 3.18. The number of carbonyl (C=O) groups excluding carboxylic acids is 1. The van der Waals surface area contributed by atoms with Gasteiger partial charge in [-0.3, -0.25) is 4.79 Å². The Morgan fingerprint density at radius 1 is 1.35 bits per heavy atom. The predicted molar refractivity (Wildman–Crippen MR) is 76.8 cm³/mol. The van der Waals surface area contributed by atoms with Crippen molar-refractivity contribution in [2.75, 3.05) is 43.1 Å². The van der Waals surface area contributed by atoms with Crippen LogP contribution in [-0.2, 0) is 9.53 Å². The second kappa shape index (κ2) is 7.81. The van der Waals surface area contributed by atoms with Gasteiger partial charge in [-0.1, -0.05) is 0 Å². The largest absolute Gasteiger partial charge is 0.396 e. The summed E-state index contributed by atoms with van der Waals surface area (Å²) in [6.45, 7) is 3.28. The molecule has 2 rings (SSSR count). The number of aliphatic hydroxyl groups excluding tert-OH is 1. The lowest BCUT2D eigenvalue weighted by Gasteiger charge is -2.27. The summed E-state index contributed by atoms with van der Waals surface area (Å²) in [7, 11) is 0. The van der Waals surface area contributed by atoms with E-state index in [2.05, 4.69) is 15.2 Å². The average Bonchev–Trinajstić information content (AvgIpc) is 2.49. The van der Waals surface area contributed by atoms with E-state index >= 15 is 0 Å². The number of pyridine rings is 1. The van der Waals surface area contributed by atoms with Crippen molar-refractivity contribution >= 4 is 17.4 Å². The lowest BCUT2D eigenvalue weighted by Crippen LogP contribution is -2.36. The molecular weight excluding hydrogens is 258 g/mol. The van der Waals surface area contributed by atoms with Gasteiger partial charge in [-0.25, -0.2) is 4.98 Å². The lowest BCUT2D eigenvalue weighted by molar-refractivity contribution is -0.116. The van der Waals surface area contributed by atoms with Gasteiger partial charge in [0.05, 0.1) is 25.1 Å². The number of carbonyl (C=O) groups is 1. The predicted octanol–water partition coefficient (Wildman–Crippen LogP) is 1.02. The molecule has 0 saturated carbocycles. The molecule has 1 fully saturated rings. The van der Waals surface area contributed by atoms with E-state index in [0.717, 1.165) is 32.1 Å². The highest BCUT2D eigenvalue weighted by molar-refractivity contribution is 5.90. The molecule has 0 aromatic carbocycles. The fraction of sp³-hybridized carbons (Fsp3) is 0.571. The van der Waals surface area contributed by atoms with Gasteiger partial charge in [-0.15, -0.1) is 0 Å². The molecule has 6 heteroatoms. The number of morpholine rings is 1.